The second kappa shape index (κ2) is 5.72. The number of hydrogen-bond donors (Lipinski definition) is 1. The molecule has 0 saturated carbocycles. The Morgan fingerprint density at radius 2 is 2.28 bits per heavy atom. The molecule has 98 valence electrons. The van der Waals surface area contributed by atoms with Crippen molar-refractivity contribution in [1.82, 2.24) is 14.6 Å². The monoisotopic (exact) mass is 256 g/mol. The minimum Gasteiger partial charge on any atom is -0.374 e. The summed E-state index contributed by atoms with van der Waals surface area (Å²) in [5.74, 6) is 0.767. The molecule has 2 aromatic heterocycles. The molecule has 1 N–H and O–H groups in total. The summed E-state index contributed by atoms with van der Waals surface area (Å²) >= 11 is 0. The van der Waals surface area contributed by atoms with Crippen LogP contribution in [0, 0.1) is 6.92 Å². The number of fused-ring (bicyclic) bond motifs is 1. The van der Waals surface area contributed by atoms with Gasteiger partial charge in [0.05, 0.1) is 6.61 Å². The third-order valence-corrected chi connectivity index (χ3v) is 2.32. The van der Waals surface area contributed by atoms with Gasteiger partial charge in [0.2, 0.25) is 0 Å². The number of aryl methyl sites for hydroxylation is 1. The first-order chi connectivity index (χ1) is 8.66. The Hall–Kier alpha value is -1.76. The van der Waals surface area contributed by atoms with Crippen LogP contribution in [0.3, 0.4) is 0 Å². The molecule has 0 atom stereocenters. The molecule has 0 unspecified atom stereocenters. The quantitative estimate of drug-likeness (QED) is 0.800. The standard InChI is InChI=1S/C11H14F2N4O/c1-8-4-10(14-2-3-18-6-9(12)13)17-11(5-8)15-7-16-17/h4-5,7,9,14H,2-3,6H2,1H3. The van der Waals surface area contributed by atoms with Gasteiger partial charge in [-0.3, -0.25) is 0 Å². The van der Waals surface area contributed by atoms with Crippen LogP contribution >= 0.6 is 0 Å². The maximum atomic E-state index is 11.8. The number of hydrogen-bond acceptors (Lipinski definition) is 4. The first-order valence-corrected chi connectivity index (χ1v) is 5.57. The number of alkyl halides is 2. The van der Waals surface area contributed by atoms with E-state index in [1.165, 1.54) is 6.33 Å². The van der Waals surface area contributed by atoms with E-state index in [9.17, 15) is 8.78 Å². The zero-order valence-electron chi connectivity index (χ0n) is 9.94. The van der Waals surface area contributed by atoms with Crippen LogP contribution in [0.4, 0.5) is 14.6 Å². The van der Waals surface area contributed by atoms with Crippen LogP contribution in [-0.2, 0) is 4.74 Å². The summed E-state index contributed by atoms with van der Waals surface area (Å²) in [4.78, 5) is 4.09. The fourth-order valence-electron chi connectivity index (χ4n) is 1.61. The number of nitrogens with one attached hydrogen (secondary N) is 1. The molecule has 2 heterocycles. The van der Waals surface area contributed by atoms with E-state index in [2.05, 4.69) is 15.4 Å². The molecule has 0 aromatic carbocycles. The van der Waals surface area contributed by atoms with E-state index in [1.54, 1.807) is 4.52 Å². The summed E-state index contributed by atoms with van der Waals surface area (Å²) in [5.41, 5.74) is 1.79. The Bertz CT molecular complexity index is 515. The Balaban J connectivity index is 1.93. The normalized spacial score (nSPS) is 11.3. The van der Waals surface area contributed by atoms with Crippen LogP contribution in [0.2, 0.25) is 0 Å². The maximum absolute atomic E-state index is 11.8. The highest BCUT2D eigenvalue weighted by Gasteiger charge is 2.04. The van der Waals surface area contributed by atoms with E-state index in [4.69, 9.17) is 4.74 Å². The van der Waals surface area contributed by atoms with Crippen LogP contribution in [0.1, 0.15) is 5.56 Å². The lowest BCUT2D eigenvalue weighted by molar-refractivity contribution is 0.0214. The van der Waals surface area contributed by atoms with Crippen LogP contribution in [0.5, 0.6) is 0 Å². The van der Waals surface area contributed by atoms with Crippen LogP contribution in [-0.4, -0.2) is 40.8 Å². The Labute approximate surface area is 103 Å². The van der Waals surface area contributed by atoms with E-state index in [0.29, 0.717) is 6.54 Å². The molecule has 2 aromatic rings. The van der Waals surface area contributed by atoms with Gasteiger partial charge in [-0.1, -0.05) is 0 Å². The van der Waals surface area contributed by atoms with Gasteiger partial charge in [0.1, 0.15) is 18.8 Å². The minimum atomic E-state index is -2.43. The molecule has 0 radical (unpaired) electrons. The van der Waals surface area contributed by atoms with Gasteiger partial charge in [-0.25, -0.2) is 13.8 Å². The smallest absolute Gasteiger partial charge is 0.261 e. The molecule has 0 saturated heterocycles. The summed E-state index contributed by atoms with van der Waals surface area (Å²) in [5, 5.41) is 7.15. The molecule has 0 aliphatic heterocycles. The van der Waals surface area contributed by atoms with Crippen molar-refractivity contribution in [1.29, 1.82) is 0 Å². The van der Waals surface area contributed by atoms with Gasteiger partial charge in [-0.05, 0) is 24.6 Å². The SMILES string of the molecule is Cc1cc(NCCOCC(F)F)n2ncnc2c1. The zero-order chi connectivity index (χ0) is 13.0. The number of anilines is 1. The predicted molar refractivity (Wildman–Crippen MR) is 63.0 cm³/mol. The van der Waals surface area contributed by atoms with Crippen molar-refractivity contribution >= 4 is 11.5 Å². The molecule has 0 amide bonds. The first kappa shape index (κ1) is 12.7. The summed E-state index contributed by atoms with van der Waals surface area (Å²) in [6.07, 6.45) is -0.959. The lowest BCUT2D eigenvalue weighted by Crippen LogP contribution is -2.14. The molecule has 0 spiro atoms. The van der Waals surface area contributed by atoms with Crippen molar-refractivity contribution in [3.63, 3.8) is 0 Å². The van der Waals surface area contributed by atoms with E-state index < -0.39 is 13.0 Å². The highest BCUT2D eigenvalue weighted by molar-refractivity contribution is 5.51. The van der Waals surface area contributed by atoms with Gasteiger partial charge in [0.15, 0.2) is 5.65 Å². The van der Waals surface area contributed by atoms with Gasteiger partial charge in [0, 0.05) is 6.54 Å². The predicted octanol–water partition coefficient (Wildman–Crippen LogP) is 1.73. The Morgan fingerprint density at radius 1 is 1.44 bits per heavy atom. The van der Waals surface area contributed by atoms with E-state index in [-0.39, 0.29) is 6.61 Å². The average Bonchev–Trinajstić information content (AvgIpc) is 2.75. The summed E-state index contributed by atoms with van der Waals surface area (Å²) in [7, 11) is 0. The van der Waals surface area contributed by atoms with Crippen molar-refractivity contribution in [3.05, 3.63) is 24.0 Å². The highest BCUT2D eigenvalue weighted by atomic mass is 19.3. The molecular formula is C11H14F2N4O. The van der Waals surface area contributed by atoms with E-state index in [1.807, 2.05) is 19.1 Å². The second-order valence-electron chi connectivity index (χ2n) is 3.84. The molecule has 0 aliphatic rings. The van der Waals surface area contributed by atoms with Crippen molar-refractivity contribution in [2.45, 2.75) is 13.3 Å². The number of halogens is 2. The second-order valence-corrected chi connectivity index (χ2v) is 3.84. The largest absolute Gasteiger partial charge is 0.374 e. The topological polar surface area (TPSA) is 51.5 Å². The molecule has 7 heteroatoms. The van der Waals surface area contributed by atoms with Crippen LogP contribution < -0.4 is 5.32 Å². The molecule has 5 nitrogen and oxygen atoms in total. The number of ether oxygens (including phenoxy) is 1. The lowest BCUT2D eigenvalue weighted by atomic mass is 10.3. The molecule has 18 heavy (non-hydrogen) atoms. The van der Waals surface area contributed by atoms with Gasteiger partial charge in [-0.2, -0.15) is 9.61 Å². The Kier molecular flexibility index (Phi) is 4.03. The third kappa shape index (κ3) is 3.13. The molecular weight excluding hydrogens is 242 g/mol. The summed E-state index contributed by atoms with van der Waals surface area (Å²) in [6.45, 7) is 2.07. The van der Waals surface area contributed by atoms with Crippen molar-refractivity contribution < 1.29 is 13.5 Å². The van der Waals surface area contributed by atoms with E-state index in [0.717, 1.165) is 17.0 Å². The molecule has 2 rings (SSSR count). The van der Waals surface area contributed by atoms with Gasteiger partial charge in [0.25, 0.3) is 6.43 Å². The molecule has 0 aliphatic carbocycles. The number of nitrogens with zero attached hydrogens (tertiary/aromatic N) is 3. The lowest BCUT2D eigenvalue weighted by Gasteiger charge is -2.09. The first-order valence-electron chi connectivity index (χ1n) is 5.57. The maximum Gasteiger partial charge on any atom is 0.261 e. The molecule has 0 fully saturated rings. The number of aromatic nitrogens is 3. The third-order valence-electron chi connectivity index (χ3n) is 2.32. The fraction of sp³-hybridized carbons (Fsp3) is 0.455. The van der Waals surface area contributed by atoms with Gasteiger partial charge < -0.3 is 10.1 Å². The number of rotatable bonds is 6. The average molecular weight is 256 g/mol. The van der Waals surface area contributed by atoms with Crippen LogP contribution in [0.25, 0.3) is 5.65 Å². The zero-order valence-corrected chi connectivity index (χ0v) is 9.94. The minimum absolute atomic E-state index is 0.217. The van der Waals surface area contributed by atoms with E-state index >= 15 is 0 Å². The fourth-order valence-corrected chi connectivity index (χ4v) is 1.61. The summed E-state index contributed by atoms with van der Waals surface area (Å²) in [6, 6.07) is 3.82. The van der Waals surface area contributed by atoms with Crippen LogP contribution in [0.15, 0.2) is 18.5 Å². The van der Waals surface area contributed by atoms with Crippen molar-refractivity contribution in [2.75, 3.05) is 25.1 Å². The van der Waals surface area contributed by atoms with Crippen molar-refractivity contribution in [3.8, 4) is 0 Å². The van der Waals surface area contributed by atoms with Gasteiger partial charge in [-0.15, -0.1) is 0 Å². The van der Waals surface area contributed by atoms with Crippen molar-refractivity contribution in [2.24, 2.45) is 0 Å². The summed E-state index contributed by atoms with van der Waals surface area (Å²) < 4.78 is 30.1. The molecule has 0 bridgehead atoms. The Morgan fingerprint density at radius 3 is 3.06 bits per heavy atom. The number of pyridine rings is 1. The van der Waals surface area contributed by atoms with Gasteiger partial charge >= 0.3 is 0 Å². The highest BCUT2D eigenvalue weighted by Crippen LogP contribution is 2.12.